The van der Waals surface area contributed by atoms with Crippen LogP contribution in [-0.4, -0.2) is 14.7 Å². The first-order valence-corrected chi connectivity index (χ1v) is 6.62. The Kier molecular flexibility index (Phi) is 3.19. The fourth-order valence-electron chi connectivity index (χ4n) is 1.53. The van der Waals surface area contributed by atoms with E-state index in [1.807, 2.05) is 13.8 Å². The quantitative estimate of drug-likeness (QED) is 0.782. The minimum absolute atomic E-state index is 0.0531. The molecule has 1 aromatic carbocycles. The minimum atomic E-state index is -3.34. The van der Waals surface area contributed by atoms with Gasteiger partial charge in [-0.15, -0.1) is 0 Å². The molecule has 0 radical (unpaired) electrons. The average molecular weight is 230 g/mol. The lowest BCUT2D eigenvalue weighted by Gasteiger charge is -2.11. The number of sulfone groups is 1. The van der Waals surface area contributed by atoms with Crippen molar-refractivity contribution < 1.29 is 12.8 Å². The van der Waals surface area contributed by atoms with E-state index in [0.29, 0.717) is 11.1 Å². The third kappa shape index (κ3) is 2.56. The molecule has 0 saturated carbocycles. The van der Waals surface area contributed by atoms with Crippen molar-refractivity contribution in [3.63, 3.8) is 0 Å². The van der Waals surface area contributed by atoms with Gasteiger partial charge in [-0.05, 0) is 30.0 Å². The van der Waals surface area contributed by atoms with E-state index in [-0.39, 0.29) is 10.8 Å². The van der Waals surface area contributed by atoms with Crippen molar-refractivity contribution in [1.29, 1.82) is 0 Å². The number of hydrogen-bond acceptors (Lipinski definition) is 2. The van der Waals surface area contributed by atoms with Crippen LogP contribution in [0.4, 0.5) is 4.39 Å². The van der Waals surface area contributed by atoms with Crippen LogP contribution >= 0.6 is 0 Å². The summed E-state index contributed by atoms with van der Waals surface area (Å²) in [6, 6.07) is 2.72. The van der Waals surface area contributed by atoms with Gasteiger partial charge in [-0.1, -0.05) is 19.9 Å². The number of rotatable bonds is 2. The Morgan fingerprint density at radius 2 is 1.80 bits per heavy atom. The number of hydrogen-bond donors (Lipinski definition) is 0. The monoisotopic (exact) mass is 230 g/mol. The molecule has 84 valence electrons. The van der Waals surface area contributed by atoms with Gasteiger partial charge in [0, 0.05) is 6.26 Å². The van der Waals surface area contributed by atoms with E-state index >= 15 is 0 Å². The maximum Gasteiger partial charge on any atom is 0.175 e. The Bertz CT molecular complexity index is 476. The summed E-state index contributed by atoms with van der Waals surface area (Å²) in [5, 5.41) is 0. The van der Waals surface area contributed by atoms with Crippen molar-refractivity contribution in [2.75, 3.05) is 6.26 Å². The van der Waals surface area contributed by atoms with Gasteiger partial charge in [0.2, 0.25) is 0 Å². The highest BCUT2D eigenvalue weighted by molar-refractivity contribution is 7.90. The van der Waals surface area contributed by atoms with Crippen LogP contribution in [0, 0.1) is 12.7 Å². The van der Waals surface area contributed by atoms with Gasteiger partial charge in [0.25, 0.3) is 0 Å². The van der Waals surface area contributed by atoms with E-state index in [0.717, 1.165) is 12.3 Å². The van der Waals surface area contributed by atoms with Crippen LogP contribution in [0.2, 0.25) is 0 Å². The Balaban J connectivity index is 3.46. The highest BCUT2D eigenvalue weighted by Gasteiger charge is 2.16. The molecule has 0 N–H and O–H groups in total. The second-order valence-corrected chi connectivity index (χ2v) is 6.05. The molecule has 0 unspecified atom stereocenters. The summed E-state index contributed by atoms with van der Waals surface area (Å²) in [6.45, 7) is 5.43. The molecule has 0 fully saturated rings. The van der Waals surface area contributed by atoms with Gasteiger partial charge in [0.15, 0.2) is 9.84 Å². The fraction of sp³-hybridized carbons (Fsp3) is 0.455. The second-order valence-electron chi connectivity index (χ2n) is 4.07. The highest BCUT2D eigenvalue weighted by atomic mass is 32.2. The van der Waals surface area contributed by atoms with Crippen LogP contribution in [0.25, 0.3) is 0 Å². The lowest BCUT2D eigenvalue weighted by molar-refractivity contribution is 0.583. The largest absolute Gasteiger partial charge is 0.224 e. The van der Waals surface area contributed by atoms with Gasteiger partial charge in [-0.2, -0.15) is 0 Å². The van der Waals surface area contributed by atoms with E-state index in [2.05, 4.69) is 0 Å². The molecule has 2 nitrogen and oxygen atoms in total. The van der Waals surface area contributed by atoms with Crippen molar-refractivity contribution in [3.05, 3.63) is 29.1 Å². The van der Waals surface area contributed by atoms with Crippen LogP contribution in [0.1, 0.15) is 30.9 Å². The maximum atomic E-state index is 13.5. The van der Waals surface area contributed by atoms with Crippen LogP contribution in [0.3, 0.4) is 0 Å². The lowest BCUT2D eigenvalue weighted by Crippen LogP contribution is -2.04. The number of benzene rings is 1. The molecule has 0 amide bonds. The number of aryl methyl sites for hydroxylation is 1. The highest BCUT2D eigenvalue weighted by Crippen LogP contribution is 2.24. The molecule has 0 spiro atoms. The minimum Gasteiger partial charge on any atom is -0.224 e. The van der Waals surface area contributed by atoms with Crippen molar-refractivity contribution in [1.82, 2.24) is 0 Å². The van der Waals surface area contributed by atoms with Crippen molar-refractivity contribution >= 4 is 9.84 Å². The molecular weight excluding hydrogens is 215 g/mol. The fourth-order valence-corrected chi connectivity index (χ4v) is 2.49. The molecule has 0 aromatic heterocycles. The predicted octanol–water partition coefficient (Wildman–Crippen LogP) is 2.66. The summed E-state index contributed by atoms with van der Waals surface area (Å²) < 4.78 is 36.2. The van der Waals surface area contributed by atoms with Crippen LogP contribution in [-0.2, 0) is 9.84 Å². The molecule has 0 heterocycles. The standard InChI is InChI=1S/C11H15FO2S/c1-7(2)9-5-8(3)11(6-10(9)12)15(4,13)14/h5-7H,1-4H3. The van der Waals surface area contributed by atoms with Crippen LogP contribution in [0.15, 0.2) is 17.0 Å². The van der Waals surface area contributed by atoms with E-state index in [9.17, 15) is 12.8 Å². The van der Waals surface area contributed by atoms with Gasteiger partial charge < -0.3 is 0 Å². The number of halogens is 1. The van der Waals surface area contributed by atoms with Gasteiger partial charge in [-0.3, -0.25) is 0 Å². The zero-order valence-electron chi connectivity index (χ0n) is 9.33. The lowest BCUT2D eigenvalue weighted by atomic mass is 10.0. The van der Waals surface area contributed by atoms with Gasteiger partial charge in [0.05, 0.1) is 4.90 Å². The van der Waals surface area contributed by atoms with Crippen molar-refractivity contribution in [2.24, 2.45) is 0 Å². The SMILES string of the molecule is Cc1cc(C(C)C)c(F)cc1S(C)(=O)=O. The normalized spacial score (nSPS) is 12.1. The third-order valence-corrected chi connectivity index (χ3v) is 3.55. The van der Waals surface area contributed by atoms with Crippen molar-refractivity contribution in [2.45, 2.75) is 31.6 Å². The van der Waals surface area contributed by atoms with E-state index < -0.39 is 15.7 Å². The zero-order valence-corrected chi connectivity index (χ0v) is 10.2. The van der Waals surface area contributed by atoms with Crippen LogP contribution in [0.5, 0.6) is 0 Å². The molecule has 0 aliphatic carbocycles. The smallest absolute Gasteiger partial charge is 0.175 e. The summed E-state index contributed by atoms with van der Waals surface area (Å²) >= 11 is 0. The molecule has 4 heteroatoms. The molecule has 0 atom stereocenters. The first kappa shape index (κ1) is 12.2. The molecule has 1 rings (SSSR count). The first-order chi connectivity index (χ1) is 6.73. The van der Waals surface area contributed by atoms with Crippen molar-refractivity contribution in [3.8, 4) is 0 Å². The average Bonchev–Trinajstić information content (AvgIpc) is 2.06. The predicted molar refractivity (Wildman–Crippen MR) is 58.3 cm³/mol. The Hall–Kier alpha value is -0.900. The topological polar surface area (TPSA) is 34.1 Å². The molecule has 1 aromatic rings. The van der Waals surface area contributed by atoms with E-state index in [4.69, 9.17) is 0 Å². The van der Waals surface area contributed by atoms with Crippen LogP contribution < -0.4 is 0 Å². The molecule has 0 bridgehead atoms. The Morgan fingerprint density at radius 1 is 1.27 bits per heavy atom. The van der Waals surface area contributed by atoms with Gasteiger partial charge in [0.1, 0.15) is 5.82 Å². The van der Waals surface area contributed by atoms with E-state index in [1.165, 1.54) is 0 Å². The summed E-state index contributed by atoms with van der Waals surface area (Å²) in [5.41, 5.74) is 1.16. The molecule has 0 saturated heterocycles. The molecule has 0 aliphatic rings. The maximum absolute atomic E-state index is 13.5. The Labute approximate surface area is 90.0 Å². The molecular formula is C11H15FO2S. The molecule has 15 heavy (non-hydrogen) atoms. The van der Waals surface area contributed by atoms with Gasteiger partial charge >= 0.3 is 0 Å². The summed E-state index contributed by atoms with van der Waals surface area (Å²) in [5.74, 6) is -0.395. The first-order valence-electron chi connectivity index (χ1n) is 4.73. The summed E-state index contributed by atoms with van der Waals surface area (Å²) in [6.07, 6.45) is 1.09. The van der Waals surface area contributed by atoms with Gasteiger partial charge in [-0.25, -0.2) is 12.8 Å². The summed E-state index contributed by atoms with van der Waals surface area (Å²) in [4.78, 5) is 0.0735. The molecule has 0 aliphatic heterocycles. The third-order valence-electron chi connectivity index (χ3n) is 2.32. The second kappa shape index (κ2) is 3.93. The zero-order chi connectivity index (χ0) is 11.8. The Morgan fingerprint density at radius 3 is 2.20 bits per heavy atom. The summed E-state index contributed by atoms with van der Waals surface area (Å²) in [7, 11) is -3.34. The van der Waals surface area contributed by atoms with E-state index in [1.54, 1.807) is 13.0 Å².